The molecule has 0 amide bonds. The number of ether oxygens (including phenoxy) is 1. The minimum absolute atomic E-state index is 0.0405. The van der Waals surface area contributed by atoms with Crippen LogP contribution < -0.4 is 0 Å². The van der Waals surface area contributed by atoms with Crippen LogP contribution in [0.1, 0.15) is 10.4 Å². The van der Waals surface area contributed by atoms with E-state index in [0.717, 1.165) is 11.8 Å². The fourth-order valence-electron chi connectivity index (χ4n) is 0.914. The molecule has 1 aromatic carbocycles. The van der Waals surface area contributed by atoms with Crippen molar-refractivity contribution < 1.29 is 14.3 Å². The van der Waals surface area contributed by atoms with Gasteiger partial charge in [-0.3, -0.25) is 4.79 Å². The lowest BCUT2D eigenvalue weighted by molar-refractivity contribution is 0.108. The number of halogens is 1. The van der Waals surface area contributed by atoms with Crippen molar-refractivity contribution in [3.05, 3.63) is 35.9 Å². The minimum atomic E-state index is -0.845. The zero-order valence-electron chi connectivity index (χ0n) is 7.81. The second-order valence-electron chi connectivity index (χ2n) is 2.59. The highest BCUT2D eigenvalue weighted by Crippen LogP contribution is 2.11. The summed E-state index contributed by atoms with van der Waals surface area (Å²) in [5.74, 6) is 0.409. The van der Waals surface area contributed by atoms with Gasteiger partial charge in [-0.15, -0.1) is 0 Å². The van der Waals surface area contributed by atoms with E-state index in [2.05, 4.69) is 4.74 Å². The molecule has 0 saturated carbocycles. The van der Waals surface area contributed by atoms with Gasteiger partial charge in [0.25, 0.3) is 0 Å². The van der Waals surface area contributed by atoms with E-state index in [1.54, 1.807) is 24.3 Å². The van der Waals surface area contributed by atoms with E-state index in [9.17, 15) is 9.59 Å². The molecule has 15 heavy (non-hydrogen) atoms. The maximum atomic E-state index is 11.5. The zero-order chi connectivity index (χ0) is 11.1. The van der Waals surface area contributed by atoms with Crippen LogP contribution in [0.25, 0.3) is 0 Å². The van der Waals surface area contributed by atoms with Gasteiger partial charge in [-0.05, 0) is 0 Å². The van der Waals surface area contributed by atoms with Crippen LogP contribution in [-0.2, 0) is 4.74 Å². The highest BCUT2D eigenvalue weighted by Gasteiger charge is 2.05. The van der Waals surface area contributed by atoms with Crippen molar-refractivity contribution >= 4 is 33.9 Å². The van der Waals surface area contributed by atoms with Crippen molar-refractivity contribution in [2.24, 2.45) is 0 Å². The van der Waals surface area contributed by atoms with Gasteiger partial charge < -0.3 is 4.74 Å². The Balaban J connectivity index is 2.28. The molecule has 0 aliphatic heterocycles. The summed E-state index contributed by atoms with van der Waals surface area (Å²) in [6.45, 7) is 0.144. The van der Waals surface area contributed by atoms with Crippen LogP contribution in [0, 0.1) is 0 Å². The molecule has 80 valence electrons. The molecule has 0 aliphatic carbocycles. The van der Waals surface area contributed by atoms with E-state index in [4.69, 9.17) is 11.6 Å². The van der Waals surface area contributed by atoms with Crippen molar-refractivity contribution in [1.29, 1.82) is 0 Å². The van der Waals surface area contributed by atoms with Crippen LogP contribution >= 0.6 is 23.4 Å². The van der Waals surface area contributed by atoms with Gasteiger partial charge in [0.05, 0.1) is 0 Å². The Bertz CT molecular complexity index is 340. The molecule has 3 nitrogen and oxygen atoms in total. The van der Waals surface area contributed by atoms with Crippen LogP contribution in [0.4, 0.5) is 4.79 Å². The lowest BCUT2D eigenvalue weighted by Crippen LogP contribution is -2.02. The first-order valence-corrected chi connectivity index (χ1v) is 5.61. The van der Waals surface area contributed by atoms with Crippen molar-refractivity contribution in [2.75, 3.05) is 12.4 Å². The number of hydrogen-bond acceptors (Lipinski definition) is 4. The normalized spacial score (nSPS) is 9.67. The van der Waals surface area contributed by atoms with E-state index >= 15 is 0 Å². The third-order valence-corrected chi connectivity index (χ3v) is 2.52. The number of rotatable bonds is 4. The van der Waals surface area contributed by atoms with Crippen LogP contribution in [0.5, 0.6) is 0 Å². The van der Waals surface area contributed by atoms with E-state index in [1.807, 2.05) is 6.07 Å². The second-order valence-corrected chi connectivity index (χ2v) is 3.96. The molecule has 1 aromatic rings. The Morgan fingerprint density at radius 3 is 2.53 bits per heavy atom. The maximum absolute atomic E-state index is 11.5. The molecule has 0 heterocycles. The van der Waals surface area contributed by atoms with E-state index in [-0.39, 0.29) is 11.7 Å². The van der Waals surface area contributed by atoms with Gasteiger partial charge >= 0.3 is 5.43 Å². The molecule has 0 saturated heterocycles. The minimum Gasteiger partial charge on any atom is -0.453 e. The lowest BCUT2D eigenvalue weighted by Gasteiger charge is -2.00. The Hall–Kier alpha value is -1.00. The quantitative estimate of drug-likeness (QED) is 0.603. The first-order valence-electron chi connectivity index (χ1n) is 4.24. The number of benzene rings is 1. The summed E-state index contributed by atoms with van der Waals surface area (Å²) in [7, 11) is 0. The predicted molar refractivity (Wildman–Crippen MR) is 60.4 cm³/mol. The average Bonchev–Trinajstić information content (AvgIpc) is 2.25. The number of carbonyl (C=O) groups is 2. The van der Waals surface area contributed by atoms with Crippen LogP contribution in [0.3, 0.4) is 0 Å². The number of hydrogen-bond donors (Lipinski definition) is 0. The lowest BCUT2D eigenvalue weighted by atomic mass is 10.2. The second kappa shape index (κ2) is 6.48. The van der Waals surface area contributed by atoms with Crippen LogP contribution in [0.2, 0.25) is 0 Å². The summed E-state index contributed by atoms with van der Waals surface area (Å²) in [5.41, 5.74) is -0.206. The maximum Gasteiger partial charge on any atom is 0.403 e. The highest BCUT2D eigenvalue weighted by atomic mass is 35.5. The van der Waals surface area contributed by atoms with Crippen molar-refractivity contribution in [1.82, 2.24) is 0 Å². The molecule has 0 N–H and O–H groups in total. The molecule has 0 fully saturated rings. The van der Waals surface area contributed by atoms with Gasteiger partial charge in [0.1, 0.15) is 6.61 Å². The first kappa shape index (κ1) is 12.1. The molecule has 1 rings (SSSR count). The van der Waals surface area contributed by atoms with E-state index < -0.39 is 5.43 Å². The van der Waals surface area contributed by atoms with Gasteiger partial charge in [0, 0.05) is 22.9 Å². The molecule has 0 atom stereocenters. The predicted octanol–water partition coefficient (Wildman–Crippen LogP) is 2.94. The SMILES string of the molecule is O=C(Cl)OCCSC(=O)c1ccccc1. The van der Waals surface area contributed by atoms with Crippen LogP contribution in [-0.4, -0.2) is 22.9 Å². The van der Waals surface area contributed by atoms with Crippen molar-refractivity contribution in [3.63, 3.8) is 0 Å². The molecule has 0 spiro atoms. The highest BCUT2D eigenvalue weighted by molar-refractivity contribution is 8.14. The molecule has 0 aliphatic rings. The Kier molecular flexibility index (Phi) is 5.21. The van der Waals surface area contributed by atoms with Gasteiger partial charge in [-0.1, -0.05) is 42.1 Å². The summed E-state index contributed by atoms with van der Waals surface area (Å²) >= 11 is 6.05. The van der Waals surface area contributed by atoms with Gasteiger partial charge in [-0.25, -0.2) is 4.79 Å². The summed E-state index contributed by atoms with van der Waals surface area (Å²) < 4.78 is 4.48. The standard InChI is InChI=1S/C10H9ClO3S/c11-10(13)14-6-7-15-9(12)8-4-2-1-3-5-8/h1-5H,6-7H2. The summed E-state index contributed by atoms with van der Waals surface area (Å²) in [4.78, 5) is 21.7. The van der Waals surface area contributed by atoms with Crippen molar-refractivity contribution in [2.45, 2.75) is 0 Å². The molecule has 0 bridgehead atoms. The summed E-state index contributed by atoms with van der Waals surface area (Å²) in [5, 5.41) is -0.0405. The van der Waals surface area contributed by atoms with E-state index in [0.29, 0.717) is 11.3 Å². The summed E-state index contributed by atoms with van der Waals surface area (Å²) in [6, 6.07) is 8.92. The zero-order valence-corrected chi connectivity index (χ0v) is 9.38. The number of carbonyl (C=O) groups excluding carboxylic acids is 2. The molecule has 0 radical (unpaired) electrons. The van der Waals surface area contributed by atoms with Gasteiger partial charge in [0.15, 0.2) is 0 Å². The van der Waals surface area contributed by atoms with Gasteiger partial charge in [-0.2, -0.15) is 0 Å². The molecular formula is C10H9ClO3S. The smallest absolute Gasteiger partial charge is 0.403 e. The molecular weight excluding hydrogens is 236 g/mol. The third kappa shape index (κ3) is 4.85. The van der Waals surface area contributed by atoms with Crippen LogP contribution in [0.15, 0.2) is 30.3 Å². The number of thioether (sulfide) groups is 1. The Labute approximate surface area is 96.8 Å². The monoisotopic (exact) mass is 244 g/mol. The molecule has 0 unspecified atom stereocenters. The first-order chi connectivity index (χ1) is 7.20. The van der Waals surface area contributed by atoms with Crippen molar-refractivity contribution in [3.8, 4) is 0 Å². The fourth-order valence-corrected chi connectivity index (χ4v) is 1.65. The van der Waals surface area contributed by atoms with Gasteiger partial charge in [0.2, 0.25) is 5.12 Å². The van der Waals surface area contributed by atoms with E-state index in [1.165, 1.54) is 0 Å². The Morgan fingerprint density at radius 1 is 1.27 bits per heavy atom. The molecule has 0 aromatic heterocycles. The topological polar surface area (TPSA) is 43.4 Å². The Morgan fingerprint density at radius 2 is 1.93 bits per heavy atom. The fraction of sp³-hybridized carbons (Fsp3) is 0.200. The summed E-state index contributed by atoms with van der Waals surface area (Å²) in [6.07, 6.45) is 0. The third-order valence-electron chi connectivity index (χ3n) is 1.54. The molecule has 5 heteroatoms. The largest absolute Gasteiger partial charge is 0.453 e. The average molecular weight is 245 g/mol.